The first kappa shape index (κ1) is 13.3. The van der Waals surface area contributed by atoms with Gasteiger partial charge >= 0.3 is 6.03 Å². The van der Waals surface area contributed by atoms with E-state index < -0.39 is 0 Å². The first-order valence-electron chi connectivity index (χ1n) is 7.54. The number of piperidine rings is 1. The number of amides is 2. The maximum Gasteiger partial charge on any atom is 0.317 e. The van der Waals surface area contributed by atoms with E-state index in [-0.39, 0.29) is 6.03 Å². The average Bonchev–Trinajstić information content (AvgIpc) is 3.30. The molecule has 1 saturated carbocycles. The van der Waals surface area contributed by atoms with Gasteiger partial charge in [-0.2, -0.15) is 0 Å². The van der Waals surface area contributed by atoms with Crippen LogP contribution in [-0.2, 0) is 0 Å². The number of urea groups is 1. The Balaban J connectivity index is 1.48. The summed E-state index contributed by atoms with van der Waals surface area (Å²) in [6.07, 6.45) is 4.54. The molecule has 0 spiro atoms. The van der Waals surface area contributed by atoms with Gasteiger partial charge in [-0.3, -0.25) is 0 Å². The van der Waals surface area contributed by atoms with Gasteiger partial charge in [-0.15, -0.1) is 0 Å². The quantitative estimate of drug-likeness (QED) is 0.890. The van der Waals surface area contributed by atoms with Crippen LogP contribution in [0.5, 0.6) is 5.75 Å². The normalized spacial score (nSPS) is 19.9. The number of likely N-dealkylation sites (tertiary alicyclic amines) is 1. The summed E-state index contributed by atoms with van der Waals surface area (Å²) in [4.78, 5) is 13.9. The van der Waals surface area contributed by atoms with Crippen molar-refractivity contribution in [2.45, 2.75) is 31.6 Å². The third-order valence-corrected chi connectivity index (χ3v) is 4.39. The summed E-state index contributed by atoms with van der Waals surface area (Å²) < 4.78 is 0. The number of nitrogens with zero attached hydrogens (tertiary/aromatic N) is 1. The number of phenols is 1. The molecule has 2 N–H and O–H groups in total. The minimum atomic E-state index is 0.0982. The van der Waals surface area contributed by atoms with Crippen molar-refractivity contribution in [1.29, 1.82) is 0 Å². The molecular formula is C16H22N2O2. The van der Waals surface area contributed by atoms with E-state index in [2.05, 4.69) is 5.32 Å². The third-order valence-electron chi connectivity index (χ3n) is 4.39. The zero-order chi connectivity index (χ0) is 13.9. The predicted octanol–water partition coefficient (Wildman–Crippen LogP) is 2.69. The largest absolute Gasteiger partial charge is 0.508 e. The molecule has 4 nitrogen and oxygen atoms in total. The monoisotopic (exact) mass is 274 g/mol. The molecule has 108 valence electrons. The van der Waals surface area contributed by atoms with Gasteiger partial charge in [0.2, 0.25) is 0 Å². The minimum Gasteiger partial charge on any atom is -0.508 e. The summed E-state index contributed by atoms with van der Waals surface area (Å²) >= 11 is 0. The second kappa shape index (κ2) is 5.73. The zero-order valence-corrected chi connectivity index (χ0v) is 11.7. The van der Waals surface area contributed by atoms with Gasteiger partial charge in [0, 0.05) is 19.6 Å². The van der Waals surface area contributed by atoms with E-state index >= 15 is 0 Å². The fraction of sp³-hybridized carbons (Fsp3) is 0.562. The van der Waals surface area contributed by atoms with E-state index in [4.69, 9.17) is 0 Å². The maximum absolute atomic E-state index is 12.0. The number of phenolic OH excluding ortho intramolecular Hbond substituents is 1. The summed E-state index contributed by atoms with van der Waals surface area (Å²) in [6, 6.07) is 7.56. The molecule has 2 aliphatic rings. The molecule has 0 aromatic heterocycles. The lowest BCUT2D eigenvalue weighted by Gasteiger charge is -2.32. The smallest absolute Gasteiger partial charge is 0.317 e. The predicted molar refractivity (Wildman–Crippen MR) is 77.8 cm³/mol. The number of nitrogens with one attached hydrogen (secondary N) is 1. The summed E-state index contributed by atoms with van der Waals surface area (Å²) in [5.41, 5.74) is 1.26. The van der Waals surface area contributed by atoms with E-state index in [0.717, 1.165) is 38.4 Å². The molecule has 3 rings (SSSR count). The average molecular weight is 274 g/mol. The SMILES string of the molecule is O=C(NCC1CC1)N1CCC(c2ccc(O)cc2)CC1. The molecular weight excluding hydrogens is 252 g/mol. The van der Waals surface area contributed by atoms with Gasteiger partial charge < -0.3 is 15.3 Å². The van der Waals surface area contributed by atoms with Crippen LogP contribution in [0.25, 0.3) is 0 Å². The number of hydrogen-bond acceptors (Lipinski definition) is 2. The van der Waals surface area contributed by atoms with E-state index in [1.807, 2.05) is 17.0 Å². The molecule has 1 aliphatic carbocycles. The molecule has 2 amide bonds. The molecule has 1 aliphatic heterocycles. The van der Waals surface area contributed by atoms with Crippen molar-refractivity contribution in [3.63, 3.8) is 0 Å². The number of aromatic hydroxyl groups is 1. The Bertz CT molecular complexity index is 460. The van der Waals surface area contributed by atoms with Crippen LogP contribution in [0.1, 0.15) is 37.2 Å². The number of carbonyl (C=O) groups is 1. The van der Waals surface area contributed by atoms with Crippen molar-refractivity contribution in [2.24, 2.45) is 5.92 Å². The van der Waals surface area contributed by atoms with E-state index in [1.54, 1.807) is 12.1 Å². The fourth-order valence-electron chi connectivity index (χ4n) is 2.83. The molecule has 1 saturated heterocycles. The zero-order valence-electron chi connectivity index (χ0n) is 11.7. The number of hydrogen-bond donors (Lipinski definition) is 2. The lowest BCUT2D eigenvalue weighted by molar-refractivity contribution is 0.181. The first-order chi connectivity index (χ1) is 9.72. The molecule has 1 aromatic rings. The molecule has 0 radical (unpaired) electrons. The highest BCUT2D eigenvalue weighted by Gasteiger charge is 2.26. The highest BCUT2D eigenvalue weighted by molar-refractivity contribution is 5.74. The Labute approximate surface area is 119 Å². The van der Waals surface area contributed by atoms with Crippen LogP contribution in [0.3, 0.4) is 0 Å². The van der Waals surface area contributed by atoms with Crippen molar-refractivity contribution in [3.8, 4) is 5.75 Å². The molecule has 1 heterocycles. The Morgan fingerprint density at radius 3 is 2.40 bits per heavy atom. The van der Waals surface area contributed by atoms with Gasteiger partial charge in [0.15, 0.2) is 0 Å². The summed E-state index contributed by atoms with van der Waals surface area (Å²) in [5.74, 6) is 1.54. The topological polar surface area (TPSA) is 52.6 Å². The molecule has 0 unspecified atom stereocenters. The van der Waals surface area contributed by atoms with Gasteiger partial charge in [0.05, 0.1) is 0 Å². The van der Waals surface area contributed by atoms with Crippen molar-refractivity contribution in [2.75, 3.05) is 19.6 Å². The van der Waals surface area contributed by atoms with Crippen LogP contribution in [-0.4, -0.2) is 35.7 Å². The third kappa shape index (κ3) is 3.24. The summed E-state index contributed by atoms with van der Waals surface area (Å²) in [6.45, 7) is 2.49. The van der Waals surface area contributed by atoms with Crippen molar-refractivity contribution < 1.29 is 9.90 Å². The van der Waals surface area contributed by atoms with Crippen LogP contribution in [0.2, 0.25) is 0 Å². The van der Waals surface area contributed by atoms with Crippen LogP contribution >= 0.6 is 0 Å². The number of carbonyl (C=O) groups excluding carboxylic acids is 1. The highest BCUT2D eigenvalue weighted by atomic mass is 16.3. The van der Waals surface area contributed by atoms with Gasteiger partial charge in [0.25, 0.3) is 0 Å². The highest BCUT2D eigenvalue weighted by Crippen LogP contribution is 2.30. The Kier molecular flexibility index (Phi) is 3.81. The van der Waals surface area contributed by atoms with Gasteiger partial charge in [0.1, 0.15) is 5.75 Å². The lowest BCUT2D eigenvalue weighted by atomic mass is 9.89. The molecule has 1 aromatic carbocycles. The standard InChI is InChI=1S/C16H22N2O2/c19-15-5-3-13(4-6-15)14-7-9-18(10-8-14)16(20)17-11-12-1-2-12/h3-6,12,14,19H,1-2,7-11H2,(H,17,20). The van der Waals surface area contributed by atoms with Gasteiger partial charge in [-0.1, -0.05) is 12.1 Å². The van der Waals surface area contributed by atoms with Gasteiger partial charge in [-0.25, -0.2) is 4.79 Å². The number of rotatable bonds is 3. The summed E-state index contributed by atoms with van der Waals surface area (Å²) in [5, 5.41) is 12.3. The second-order valence-corrected chi connectivity index (χ2v) is 5.98. The van der Waals surface area contributed by atoms with E-state index in [0.29, 0.717) is 11.7 Å². The fourth-order valence-corrected chi connectivity index (χ4v) is 2.83. The summed E-state index contributed by atoms with van der Waals surface area (Å²) in [7, 11) is 0. The van der Waals surface area contributed by atoms with Crippen LogP contribution < -0.4 is 5.32 Å². The maximum atomic E-state index is 12.0. The van der Waals surface area contributed by atoms with Crippen molar-refractivity contribution in [1.82, 2.24) is 10.2 Å². The molecule has 0 atom stereocenters. The number of benzene rings is 1. The second-order valence-electron chi connectivity index (χ2n) is 5.98. The lowest BCUT2D eigenvalue weighted by Crippen LogP contribution is -2.44. The first-order valence-corrected chi connectivity index (χ1v) is 7.54. The molecule has 20 heavy (non-hydrogen) atoms. The van der Waals surface area contributed by atoms with Crippen LogP contribution in [0, 0.1) is 5.92 Å². The van der Waals surface area contributed by atoms with Crippen LogP contribution in [0.15, 0.2) is 24.3 Å². The Morgan fingerprint density at radius 1 is 1.15 bits per heavy atom. The Hall–Kier alpha value is -1.71. The van der Waals surface area contributed by atoms with Crippen molar-refractivity contribution in [3.05, 3.63) is 29.8 Å². The molecule has 0 bridgehead atoms. The van der Waals surface area contributed by atoms with E-state index in [9.17, 15) is 9.90 Å². The van der Waals surface area contributed by atoms with Crippen LogP contribution in [0.4, 0.5) is 4.79 Å². The van der Waals surface area contributed by atoms with Crippen molar-refractivity contribution >= 4 is 6.03 Å². The van der Waals surface area contributed by atoms with E-state index in [1.165, 1.54) is 18.4 Å². The minimum absolute atomic E-state index is 0.0982. The Morgan fingerprint density at radius 2 is 1.80 bits per heavy atom. The molecule has 2 fully saturated rings. The molecule has 4 heteroatoms. The van der Waals surface area contributed by atoms with Gasteiger partial charge in [-0.05, 0) is 55.2 Å².